The van der Waals surface area contributed by atoms with Gasteiger partial charge in [0.1, 0.15) is 6.04 Å². The predicted molar refractivity (Wildman–Crippen MR) is 162 cm³/mol. The van der Waals surface area contributed by atoms with E-state index in [9.17, 15) is 14.4 Å². The van der Waals surface area contributed by atoms with E-state index in [0.717, 1.165) is 29.5 Å². The minimum atomic E-state index is -0.472. The highest BCUT2D eigenvalue weighted by Gasteiger charge is 2.37. The number of anilines is 1. The van der Waals surface area contributed by atoms with Crippen LogP contribution in [0.1, 0.15) is 66.2 Å². The summed E-state index contributed by atoms with van der Waals surface area (Å²) in [4.78, 5) is 42.9. The van der Waals surface area contributed by atoms with Crippen LogP contribution in [0.25, 0.3) is 0 Å². The summed E-state index contributed by atoms with van der Waals surface area (Å²) in [6.45, 7) is 4.60. The average molecular weight is 590 g/mol. The van der Waals surface area contributed by atoms with Gasteiger partial charge in [0.05, 0.1) is 25.7 Å². The average Bonchev–Trinajstić information content (AvgIpc) is 3.50. The molecule has 1 unspecified atom stereocenters. The van der Waals surface area contributed by atoms with E-state index in [0.29, 0.717) is 40.7 Å². The molecule has 0 saturated carbocycles. The summed E-state index contributed by atoms with van der Waals surface area (Å²) < 4.78 is 11.9. The SMILES string of the molecule is CC[C@@H](C)Oc1cc2c(cc1OC)CC(=O)N(c1ccc(C(=O)N3CCC[C@@H]3C(=O)NC)cc1)C2c1ccc(Cl)cc1. The molecule has 3 aromatic carbocycles. The summed E-state index contributed by atoms with van der Waals surface area (Å²) in [5.74, 6) is 0.768. The lowest BCUT2D eigenvalue weighted by atomic mass is 9.86. The number of likely N-dealkylation sites (N-methyl/N-ethyl adjacent to an activating group) is 1. The minimum absolute atomic E-state index is 0.0176. The molecule has 2 heterocycles. The Balaban J connectivity index is 1.54. The Hall–Kier alpha value is -4.04. The first-order valence-electron chi connectivity index (χ1n) is 14.3. The lowest BCUT2D eigenvalue weighted by molar-refractivity contribution is -0.124. The fourth-order valence-corrected chi connectivity index (χ4v) is 5.88. The van der Waals surface area contributed by atoms with E-state index in [1.54, 1.807) is 48.2 Å². The summed E-state index contributed by atoms with van der Waals surface area (Å²) in [6.07, 6.45) is 2.41. The standard InChI is InChI=1S/C33H36ClN3O5/c1-5-20(2)42-29-19-26-23(17-28(29)41-4)18-30(38)37(31(26)21-8-12-24(34)13-9-21)25-14-10-22(11-15-25)33(40)36-16-6-7-27(36)32(39)35-3/h8-15,17,19-20,27,31H,5-7,16,18H2,1-4H3,(H,35,39)/t20-,27-,31?/m1/s1. The number of carbonyl (C=O) groups is 3. The van der Waals surface area contributed by atoms with Gasteiger partial charge in [-0.2, -0.15) is 0 Å². The van der Waals surface area contributed by atoms with Gasteiger partial charge in [0.2, 0.25) is 11.8 Å². The number of likely N-dealkylation sites (tertiary alicyclic amines) is 1. The van der Waals surface area contributed by atoms with Gasteiger partial charge in [-0.15, -0.1) is 0 Å². The van der Waals surface area contributed by atoms with Crippen LogP contribution < -0.4 is 19.7 Å². The zero-order valence-corrected chi connectivity index (χ0v) is 25.1. The van der Waals surface area contributed by atoms with Crippen molar-refractivity contribution in [3.05, 3.63) is 87.9 Å². The molecule has 1 saturated heterocycles. The van der Waals surface area contributed by atoms with Crippen LogP contribution in [0.3, 0.4) is 0 Å². The smallest absolute Gasteiger partial charge is 0.254 e. The fourth-order valence-electron chi connectivity index (χ4n) is 5.75. The molecular weight excluding hydrogens is 554 g/mol. The van der Waals surface area contributed by atoms with E-state index in [1.807, 2.05) is 43.3 Å². The molecule has 3 amide bonds. The number of ether oxygens (including phenoxy) is 2. The zero-order chi connectivity index (χ0) is 30.0. The summed E-state index contributed by atoms with van der Waals surface area (Å²) in [6, 6.07) is 17.5. The monoisotopic (exact) mass is 589 g/mol. The van der Waals surface area contributed by atoms with E-state index in [1.165, 1.54) is 0 Å². The molecule has 42 heavy (non-hydrogen) atoms. The molecule has 3 aromatic rings. The van der Waals surface area contributed by atoms with Gasteiger partial charge in [-0.1, -0.05) is 30.7 Å². The number of benzene rings is 3. The number of fused-ring (bicyclic) bond motifs is 1. The number of nitrogens with one attached hydrogen (secondary N) is 1. The number of amides is 3. The van der Waals surface area contributed by atoms with Crippen LogP contribution in [0.15, 0.2) is 60.7 Å². The van der Waals surface area contributed by atoms with E-state index in [4.69, 9.17) is 21.1 Å². The molecule has 1 fully saturated rings. The molecule has 3 atom stereocenters. The maximum Gasteiger partial charge on any atom is 0.254 e. The van der Waals surface area contributed by atoms with Crippen molar-refractivity contribution in [3.63, 3.8) is 0 Å². The lowest BCUT2D eigenvalue weighted by Crippen LogP contribution is -2.45. The highest BCUT2D eigenvalue weighted by molar-refractivity contribution is 6.30. The Morgan fingerprint density at radius 2 is 1.79 bits per heavy atom. The second-order valence-corrected chi connectivity index (χ2v) is 11.2. The number of methoxy groups -OCH3 is 1. The highest BCUT2D eigenvalue weighted by Crippen LogP contribution is 2.44. The van der Waals surface area contributed by atoms with Crippen molar-refractivity contribution in [1.82, 2.24) is 10.2 Å². The predicted octanol–water partition coefficient (Wildman–Crippen LogP) is 5.56. The van der Waals surface area contributed by atoms with Crippen molar-refractivity contribution in [1.29, 1.82) is 0 Å². The van der Waals surface area contributed by atoms with Crippen molar-refractivity contribution in [2.24, 2.45) is 0 Å². The van der Waals surface area contributed by atoms with Gasteiger partial charge in [0, 0.05) is 29.9 Å². The molecule has 5 rings (SSSR count). The quantitative estimate of drug-likeness (QED) is 0.372. The van der Waals surface area contributed by atoms with Gasteiger partial charge in [0.25, 0.3) is 5.91 Å². The van der Waals surface area contributed by atoms with Crippen LogP contribution in [0, 0.1) is 0 Å². The van der Waals surface area contributed by atoms with Gasteiger partial charge in [-0.05, 0) is 91.4 Å². The van der Waals surface area contributed by atoms with Crippen molar-refractivity contribution in [2.75, 3.05) is 25.6 Å². The topological polar surface area (TPSA) is 88.2 Å². The maximum absolute atomic E-state index is 13.8. The van der Waals surface area contributed by atoms with Gasteiger partial charge >= 0.3 is 0 Å². The molecular formula is C33H36ClN3O5. The first-order chi connectivity index (χ1) is 20.2. The number of hydrogen-bond acceptors (Lipinski definition) is 5. The van der Waals surface area contributed by atoms with E-state index in [2.05, 4.69) is 12.2 Å². The van der Waals surface area contributed by atoms with Crippen LogP contribution in [0.2, 0.25) is 5.02 Å². The van der Waals surface area contributed by atoms with Gasteiger partial charge < -0.3 is 24.6 Å². The molecule has 0 aliphatic carbocycles. The number of hydrogen-bond donors (Lipinski definition) is 1. The van der Waals surface area contributed by atoms with Crippen LogP contribution in [-0.4, -0.2) is 55.5 Å². The Morgan fingerprint density at radius 3 is 2.43 bits per heavy atom. The third-order valence-corrected chi connectivity index (χ3v) is 8.38. The van der Waals surface area contributed by atoms with Crippen molar-refractivity contribution < 1.29 is 23.9 Å². The number of rotatable bonds is 8. The number of carbonyl (C=O) groups excluding carboxylic acids is 3. The third kappa shape index (κ3) is 5.68. The zero-order valence-electron chi connectivity index (χ0n) is 24.4. The summed E-state index contributed by atoms with van der Waals surface area (Å²) in [5.41, 5.74) is 3.81. The lowest BCUT2D eigenvalue weighted by Gasteiger charge is -2.38. The molecule has 0 aromatic heterocycles. The molecule has 220 valence electrons. The van der Waals surface area contributed by atoms with Crippen LogP contribution in [0.4, 0.5) is 5.69 Å². The molecule has 2 aliphatic heterocycles. The van der Waals surface area contributed by atoms with E-state index in [-0.39, 0.29) is 30.2 Å². The second kappa shape index (κ2) is 12.4. The number of nitrogens with zero attached hydrogens (tertiary/aromatic N) is 2. The van der Waals surface area contributed by atoms with E-state index >= 15 is 0 Å². The molecule has 0 radical (unpaired) electrons. The molecule has 1 N–H and O–H groups in total. The van der Waals surface area contributed by atoms with Crippen molar-refractivity contribution in [2.45, 2.75) is 57.7 Å². The Kier molecular flexibility index (Phi) is 8.73. The summed E-state index contributed by atoms with van der Waals surface area (Å²) >= 11 is 6.23. The van der Waals surface area contributed by atoms with Gasteiger partial charge in [-0.25, -0.2) is 0 Å². The Morgan fingerprint density at radius 1 is 1.07 bits per heavy atom. The van der Waals surface area contributed by atoms with Gasteiger partial charge in [0.15, 0.2) is 11.5 Å². The highest BCUT2D eigenvalue weighted by atomic mass is 35.5. The Bertz CT molecular complexity index is 1470. The molecule has 0 bridgehead atoms. The van der Waals surface area contributed by atoms with Crippen LogP contribution in [-0.2, 0) is 16.0 Å². The fraction of sp³-hybridized carbons (Fsp3) is 0.364. The largest absolute Gasteiger partial charge is 0.493 e. The first kappa shape index (κ1) is 29.5. The van der Waals surface area contributed by atoms with E-state index < -0.39 is 12.1 Å². The van der Waals surface area contributed by atoms with Crippen molar-refractivity contribution >= 4 is 35.0 Å². The van der Waals surface area contributed by atoms with Crippen molar-refractivity contribution in [3.8, 4) is 11.5 Å². The summed E-state index contributed by atoms with van der Waals surface area (Å²) in [7, 11) is 3.18. The third-order valence-electron chi connectivity index (χ3n) is 8.13. The molecule has 0 spiro atoms. The second-order valence-electron chi connectivity index (χ2n) is 10.8. The normalized spacial score (nSPS) is 18.8. The van der Waals surface area contributed by atoms with Gasteiger partial charge in [-0.3, -0.25) is 14.4 Å². The Labute approximate surface area is 251 Å². The minimum Gasteiger partial charge on any atom is -0.493 e. The molecule has 2 aliphatic rings. The molecule has 9 heteroatoms. The molecule has 8 nitrogen and oxygen atoms in total. The maximum atomic E-state index is 13.8. The summed E-state index contributed by atoms with van der Waals surface area (Å²) in [5, 5.41) is 3.25. The first-order valence-corrected chi connectivity index (χ1v) is 14.7. The number of halogens is 1. The van der Waals surface area contributed by atoms with Crippen LogP contribution >= 0.6 is 11.6 Å². The van der Waals surface area contributed by atoms with Crippen LogP contribution in [0.5, 0.6) is 11.5 Å².